The summed E-state index contributed by atoms with van der Waals surface area (Å²) in [7, 11) is -3.38. The topological polar surface area (TPSA) is 75.3 Å². The summed E-state index contributed by atoms with van der Waals surface area (Å²) in [6.45, 7) is 1.73. The van der Waals surface area contributed by atoms with Crippen molar-refractivity contribution in [3.05, 3.63) is 65.5 Å². The maximum absolute atomic E-state index is 13.6. The number of halogens is 1. The Labute approximate surface area is 134 Å². The molecule has 2 rings (SSSR count). The molecule has 1 amide bonds. The van der Waals surface area contributed by atoms with E-state index in [2.05, 4.69) is 10.0 Å². The van der Waals surface area contributed by atoms with E-state index in [1.54, 1.807) is 37.3 Å². The second-order valence-electron chi connectivity index (χ2n) is 5.17. The second-order valence-corrected chi connectivity index (χ2v) is 6.92. The maximum Gasteiger partial charge on any atom is 0.254 e. The molecule has 0 saturated heterocycles. The molecular formula is C16H17FN2O3S. The number of hydrogen-bond donors (Lipinski definition) is 2. The first-order chi connectivity index (χ1) is 10.8. The minimum atomic E-state index is -3.38. The van der Waals surface area contributed by atoms with Crippen LogP contribution < -0.4 is 10.0 Å². The monoisotopic (exact) mass is 336 g/mol. The molecule has 2 aromatic rings. The van der Waals surface area contributed by atoms with E-state index in [4.69, 9.17) is 0 Å². The first-order valence-electron chi connectivity index (χ1n) is 6.89. The molecule has 0 spiro atoms. The van der Waals surface area contributed by atoms with Crippen molar-refractivity contribution in [2.45, 2.75) is 13.0 Å². The van der Waals surface area contributed by atoms with Crippen molar-refractivity contribution in [2.24, 2.45) is 0 Å². The Kier molecular flexibility index (Phi) is 5.00. The van der Waals surface area contributed by atoms with Crippen LogP contribution in [-0.2, 0) is 10.0 Å². The number of sulfonamides is 1. The summed E-state index contributed by atoms with van der Waals surface area (Å²) in [5, 5.41) is 2.69. The van der Waals surface area contributed by atoms with Gasteiger partial charge in [-0.15, -0.1) is 0 Å². The molecule has 0 saturated carbocycles. The summed E-state index contributed by atoms with van der Waals surface area (Å²) < 4.78 is 38.5. The van der Waals surface area contributed by atoms with Crippen LogP contribution >= 0.6 is 0 Å². The number of nitrogens with one attached hydrogen (secondary N) is 2. The molecule has 0 bridgehead atoms. The molecule has 0 radical (unpaired) electrons. The van der Waals surface area contributed by atoms with Gasteiger partial charge in [0, 0.05) is 5.69 Å². The summed E-state index contributed by atoms with van der Waals surface area (Å²) >= 11 is 0. The molecule has 5 nitrogen and oxygen atoms in total. The Hall–Kier alpha value is -2.41. The average molecular weight is 336 g/mol. The van der Waals surface area contributed by atoms with Gasteiger partial charge in [0.1, 0.15) is 5.82 Å². The minimum Gasteiger partial charge on any atom is -0.345 e. The molecule has 0 aliphatic heterocycles. The standard InChI is InChI=1S/C16H17FN2O3S/c1-11(18-16(20)14-8-3-4-9-15(14)17)12-6-5-7-13(10-12)19-23(2,21)22/h3-11,19H,1-2H3,(H,18,20). The molecule has 0 fully saturated rings. The zero-order valence-electron chi connectivity index (χ0n) is 12.7. The van der Waals surface area contributed by atoms with Crippen molar-refractivity contribution in [3.63, 3.8) is 0 Å². The van der Waals surface area contributed by atoms with Crippen molar-refractivity contribution >= 4 is 21.6 Å². The van der Waals surface area contributed by atoms with Gasteiger partial charge >= 0.3 is 0 Å². The van der Waals surface area contributed by atoms with E-state index in [-0.39, 0.29) is 5.56 Å². The lowest BCUT2D eigenvalue weighted by Gasteiger charge is -2.16. The number of benzene rings is 2. The first-order valence-corrected chi connectivity index (χ1v) is 8.78. The van der Waals surface area contributed by atoms with Gasteiger partial charge < -0.3 is 5.32 Å². The van der Waals surface area contributed by atoms with E-state index in [0.717, 1.165) is 6.26 Å². The molecule has 122 valence electrons. The lowest BCUT2D eigenvalue weighted by Crippen LogP contribution is -2.27. The van der Waals surface area contributed by atoms with Gasteiger partial charge in [-0.25, -0.2) is 12.8 Å². The predicted octanol–water partition coefficient (Wildman–Crippen LogP) is 2.69. The van der Waals surface area contributed by atoms with Crippen LogP contribution in [0.1, 0.15) is 28.9 Å². The fourth-order valence-corrected chi connectivity index (χ4v) is 2.64. The fraction of sp³-hybridized carbons (Fsp3) is 0.188. The molecule has 2 aromatic carbocycles. The molecule has 1 atom stereocenters. The van der Waals surface area contributed by atoms with Crippen LogP contribution in [0.25, 0.3) is 0 Å². The number of rotatable bonds is 5. The number of carbonyl (C=O) groups excluding carboxylic acids is 1. The van der Waals surface area contributed by atoms with Crippen molar-refractivity contribution in [2.75, 3.05) is 11.0 Å². The van der Waals surface area contributed by atoms with Gasteiger partial charge in [-0.05, 0) is 36.8 Å². The Morgan fingerprint density at radius 3 is 2.48 bits per heavy atom. The highest BCUT2D eigenvalue weighted by Crippen LogP contribution is 2.19. The van der Waals surface area contributed by atoms with Crippen LogP contribution in [0, 0.1) is 5.82 Å². The van der Waals surface area contributed by atoms with Crippen LogP contribution in [0.4, 0.5) is 10.1 Å². The van der Waals surface area contributed by atoms with Crippen LogP contribution in [0.5, 0.6) is 0 Å². The van der Waals surface area contributed by atoms with E-state index in [9.17, 15) is 17.6 Å². The van der Waals surface area contributed by atoms with Crippen LogP contribution in [0.3, 0.4) is 0 Å². The van der Waals surface area contributed by atoms with E-state index >= 15 is 0 Å². The molecule has 0 aliphatic rings. The fourth-order valence-electron chi connectivity index (χ4n) is 2.09. The quantitative estimate of drug-likeness (QED) is 0.881. The van der Waals surface area contributed by atoms with Gasteiger partial charge in [-0.2, -0.15) is 0 Å². The number of amides is 1. The first kappa shape index (κ1) is 17.0. The summed E-state index contributed by atoms with van der Waals surface area (Å²) in [5.41, 5.74) is 1.06. The van der Waals surface area contributed by atoms with E-state index in [1.165, 1.54) is 18.2 Å². The molecule has 0 aliphatic carbocycles. The lowest BCUT2D eigenvalue weighted by atomic mass is 10.1. The Morgan fingerprint density at radius 1 is 1.13 bits per heavy atom. The number of anilines is 1. The zero-order valence-corrected chi connectivity index (χ0v) is 13.5. The van der Waals surface area contributed by atoms with Gasteiger partial charge in [0.15, 0.2) is 0 Å². The third kappa shape index (κ3) is 4.79. The van der Waals surface area contributed by atoms with Crippen molar-refractivity contribution in [1.29, 1.82) is 0 Å². The van der Waals surface area contributed by atoms with Crippen LogP contribution in [0.2, 0.25) is 0 Å². The summed E-state index contributed by atoms with van der Waals surface area (Å²) in [4.78, 5) is 12.1. The highest BCUT2D eigenvalue weighted by Gasteiger charge is 2.15. The predicted molar refractivity (Wildman–Crippen MR) is 87.2 cm³/mol. The normalized spacial score (nSPS) is 12.5. The molecule has 23 heavy (non-hydrogen) atoms. The molecule has 0 heterocycles. The van der Waals surface area contributed by atoms with Gasteiger partial charge in [-0.1, -0.05) is 24.3 Å². The van der Waals surface area contributed by atoms with Gasteiger partial charge in [0.25, 0.3) is 5.91 Å². The highest BCUT2D eigenvalue weighted by molar-refractivity contribution is 7.92. The SMILES string of the molecule is CC(NC(=O)c1ccccc1F)c1cccc(NS(C)(=O)=O)c1. The van der Waals surface area contributed by atoms with Gasteiger partial charge in [0.2, 0.25) is 10.0 Å². The lowest BCUT2D eigenvalue weighted by molar-refractivity contribution is 0.0936. The Morgan fingerprint density at radius 2 is 1.83 bits per heavy atom. The molecule has 0 aromatic heterocycles. The Balaban J connectivity index is 2.15. The maximum atomic E-state index is 13.6. The van der Waals surface area contributed by atoms with E-state index in [1.807, 2.05) is 0 Å². The minimum absolute atomic E-state index is 0.0373. The van der Waals surface area contributed by atoms with Crippen LogP contribution in [-0.4, -0.2) is 20.6 Å². The summed E-state index contributed by atoms with van der Waals surface area (Å²) in [6.07, 6.45) is 1.06. The van der Waals surface area contributed by atoms with E-state index < -0.39 is 27.8 Å². The average Bonchev–Trinajstić information content (AvgIpc) is 2.46. The number of carbonyl (C=O) groups is 1. The molecule has 7 heteroatoms. The highest BCUT2D eigenvalue weighted by atomic mass is 32.2. The van der Waals surface area contributed by atoms with Crippen molar-refractivity contribution < 1.29 is 17.6 Å². The summed E-state index contributed by atoms with van der Waals surface area (Å²) in [6, 6.07) is 11.9. The molecule has 1 unspecified atom stereocenters. The third-order valence-corrected chi connectivity index (χ3v) is 3.76. The zero-order chi connectivity index (χ0) is 17.0. The van der Waals surface area contributed by atoms with Crippen LogP contribution in [0.15, 0.2) is 48.5 Å². The van der Waals surface area contributed by atoms with E-state index in [0.29, 0.717) is 11.3 Å². The molecular weight excluding hydrogens is 319 g/mol. The van der Waals surface area contributed by atoms with Gasteiger partial charge in [-0.3, -0.25) is 9.52 Å². The number of hydrogen-bond acceptors (Lipinski definition) is 3. The van der Waals surface area contributed by atoms with Gasteiger partial charge in [0.05, 0.1) is 17.9 Å². The van der Waals surface area contributed by atoms with Crippen molar-refractivity contribution in [1.82, 2.24) is 5.32 Å². The Bertz CT molecular complexity index is 822. The third-order valence-electron chi connectivity index (χ3n) is 3.16. The largest absolute Gasteiger partial charge is 0.345 e. The second kappa shape index (κ2) is 6.78. The van der Waals surface area contributed by atoms with Crippen molar-refractivity contribution in [3.8, 4) is 0 Å². The molecule has 2 N–H and O–H groups in total. The smallest absolute Gasteiger partial charge is 0.254 e. The summed E-state index contributed by atoms with van der Waals surface area (Å²) in [5.74, 6) is -1.12.